The third-order valence-electron chi connectivity index (χ3n) is 5.19. The van der Waals surface area contributed by atoms with Crippen molar-refractivity contribution in [1.29, 1.82) is 0 Å². The van der Waals surface area contributed by atoms with Gasteiger partial charge in [-0.05, 0) is 30.6 Å². The van der Waals surface area contributed by atoms with Gasteiger partial charge in [-0.2, -0.15) is 0 Å². The Morgan fingerprint density at radius 2 is 1.95 bits per heavy atom. The number of aliphatic hydroxyl groups is 1. The highest BCUT2D eigenvalue weighted by Gasteiger charge is 2.32. The Kier molecular flexibility index (Phi) is 6.93. The molecule has 2 rings (SSSR count). The molecule has 1 aliphatic carbocycles. The molecule has 0 aromatic heterocycles. The lowest BCUT2D eigenvalue weighted by Gasteiger charge is -2.37. The van der Waals surface area contributed by atoms with Crippen molar-refractivity contribution in [3.05, 3.63) is 0 Å². The Hall–Kier alpha value is -0.160. The van der Waals surface area contributed by atoms with Crippen molar-refractivity contribution in [1.82, 2.24) is 0 Å². The van der Waals surface area contributed by atoms with E-state index < -0.39 is 0 Å². The van der Waals surface area contributed by atoms with Crippen LogP contribution in [-0.2, 0) is 9.47 Å². The summed E-state index contributed by atoms with van der Waals surface area (Å²) >= 11 is 0. The van der Waals surface area contributed by atoms with Crippen molar-refractivity contribution in [2.45, 2.75) is 52.2 Å². The van der Waals surface area contributed by atoms with E-state index in [0.29, 0.717) is 24.5 Å². The maximum absolute atomic E-state index is 10.2. The molecule has 124 valence electrons. The zero-order chi connectivity index (χ0) is 15.2. The number of quaternary nitrogens is 1. The van der Waals surface area contributed by atoms with Crippen molar-refractivity contribution in [3.63, 3.8) is 0 Å². The summed E-state index contributed by atoms with van der Waals surface area (Å²) in [5.74, 6) is 2.08. The molecule has 0 bridgehead atoms. The summed E-state index contributed by atoms with van der Waals surface area (Å²) in [5, 5.41) is 10.2. The minimum absolute atomic E-state index is 0.336. The number of hydrogen-bond donors (Lipinski definition) is 2. The molecule has 1 saturated heterocycles. The Morgan fingerprint density at radius 1 is 1.24 bits per heavy atom. The van der Waals surface area contributed by atoms with Crippen LogP contribution < -0.4 is 4.90 Å². The predicted octanol–water partition coefficient (Wildman–Crippen LogP) is 0.740. The minimum atomic E-state index is -0.344. The van der Waals surface area contributed by atoms with Crippen LogP contribution in [0, 0.1) is 17.8 Å². The van der Waals surface area contributed by atoms with Gasteiger partial charge in [-0.25, -0.2) is 0 Å². The number of aliphatic hydroxyl groups excluding tert-OH is 1. The fourth-order valence-corrected chi connectivity index (χ4v) is 3.80. The Bertz CT molecular complexity index is 292. The van der Waals surface area contributed by atoms with E-state index >= 15 is 0 Å². The van der Waals surface area contributed by atoms with Crippen LogP contribution in [0.15, 0.2) is 0 Å². The second-order valence-corrected chi connectivity index (χ2v) is 7.42. The van der Waals surface area contributed by atoms with Gasteiger partial charge in [-0.15, -0.1) is 0 Å². The largest absolute Gasteiger partial charge is 0.385 e. The summed E-state index contributed by atoms with van der Waals surface area (Å²) < 4.78 is 11.5. The first-order valence-electron chi connectivity index (χ1n) is 8.77. The van der Waals surface area contributed by atoms with E-state index in [0.717, 1.165) is 45.2 Å². The molecule has 0 aromatic carbocycles. The first-order chi connectivity index (χ1) is 10.1. The molecule has 0 radical (unpaired) electrons. The smallest absolute Gasteiger partial charge is 0.126 e. The van der Waals surface area contributed by atoms with E-state index in [9.17, 15) is 5.11 Å². The highest BCUT2D eigenvalue weighted by Crippen LogP contribution is 2.35. The van der Waals surface area contributed by atoms with E-state index in [2.05, 4.69) is 20.8 Å². The van der Waals surface area contributed by atoms with Gasteiger partial charge in [0.05, 0.1) is 25.9 Å². The van der Waals surface area contributed by atoms with Gasteiger partial charge in [-0.1, -0.05) is 27.2 Å². The van der Waals surface area contributed by atoms with Gasteiger partial charge in [0.2, 0.25) is 0 Å². The molecule has 2 N–H and O–H groups in total. The fraction of sp³-hybridized carbons (Fsp3) is 1.00. The number of rotatable bonds is 6. The fourth-order valence-electron chi connectivity index (χ4n) is 3.80. The summed E-state index contributed by atoms with van der Waals surface area (Å²) in [6, 6.07) is 0. The van der Waals surface area contributed by atoms with Gasteiger partial charge < -0.3 is 19.5 Å². The molecule has 4 heteroatoms. The summed E-state index contributed by atoms with van der Waals surface area (Å²) in [6.45, 7) is 11.8. The van der Waals surface area contributed by atoms with Crippen LogP contribution in [-0.4, -0.2) is 56.8 Å². The molecule has 4 nitrogen and oxygen atoms in total. The molecule has 0 spiro atoms. The van der Waals surface area contributed by atoms with E-state index in [1.165, 1.54) is 17.7 Å². The summed E-state index contributed by atoms with van der Waals surface area (Å²) in [4.78, 5) is 1.44. The van der Waals surface area contributed by atoms with Crippen molar-refractivity contribution in [2.24, 2.45) is 17.8 Å². The Balaban J connectivity index is 1.73. The number of ether oxygens (including phenoxy) is 2. The molecule has 1 saturated carbocycles. The lowest BCUT2D eigenvalue weighted by atomic mass is 9.75. The van der Waals surface area contributed by atoms with Gasteiger partial charge in [0.25, 0.3) is 0 Å². The van der Waals surface area contributed by atoms with Crippen LogP contribution in [0.1, 0.15) is 40.0 Å². The average Bonchev–Trinajstić information content (AvgIpc) is 2.46. The maximum atomic E-state index is 10.2. The van der Waals surface area contributed by atoms with Crippen LogP contribution in [0.25, 0.3) is 0 Å². The zero-order valence-corrected chi connectivity index (χ0v) is 14.0. The lowest BCUT2D eigenvalue weighted by molar-refractivity contribution is -0.911. The molecule has 1 aliphatic heterocycles. The number of nitrogens with one attached hydrogen (secondary N) is 1. The minimum Gasteiger partial charge on any atom is -0.385 e. The molecule has 0 unspecified atom stereocenters. The highest BCUT2D eigenvalue weighted by atomic mass is 16.5. The van der Waals surface area contributed by atoms with E-state index in [-0.39, 0.29) is 6.10 Å². The van der Waals surface area contributed by atoms with Crippen molar-refractivity contribution < 1.29 is 19.5 Å². The van der Waals surface area contributed by atoms with Crippen LogP contribution in [0.3, 0.4) is 0 Å². The normalized spacial score (nSPS) is 33.3. The van der Waals surface area contributed by atoms with Gasteiger partial charge in [-0.3, -0.25) is 0 Å². The summed E-state index contributed by atoms with van der Waals surface area (Å²) in [6.07, 6.45) is 3.74. The third-order valence-corrected chi connectivity index (χ3v) is 5.19. The molecule has 2 fully saturated rings. The SMILES string of the molecule is CC(C)[C@@H]1CC[C@@H](C)C[C@H]1OC[C@H](O)C[NH+]1CCOCC1. The predicted molar refractivity (Wildman–Crippen MR) is 83.5 cm³/mol. The second-order valence-electron chi connectivity index (χ2n) is 7.42. The van der Waals surface area contributed by atoms with Gasteiger partial charge in [0, 0.05) is 0 Å². The van der Waals surface area contributed by atoms with Crippen molar-refractivity contribution in [2.75, 3.05) is 39.5 Å². The lowest BCUT2D eigenvalue weighted by Crippen LogP contribution is -3.15. The summed E-state index contributed by atoms with van der Waals surface area (Å²) in [5.41, 5.74) is 0. The molecule has 0 amide bonds. The first-order valence-corrected chi connectivity index (χ1v) is 8.77. The van der Waals surface area contributed by atoms with Gasteiger partial charge >= 0.3 is 0 Å². The molecule has 4 atom stereocenters. The summed E-state index contributed by atoms with van der Waals surface area (Å²) in [7, 11) is 0. The van der Waals surface area contributed by atoms with Crippen LogP contribution in [0.5, 0.6) is 0 Å². The van der Waals surface area contributed by atoms with Crippen LogP contribution in [0.2, 0.25) is 0 Å². The average molecular weight is 300 g/mol. The van der Waals surface area contributed by atoms with Crippen molar-refractivity contribution in [3.8, 4) is 0 Å². The van der Waals surface area contributed by atoms with Gasteiger partial charge in [0.1, 0.15) is 25.7 Å². The highest BCUT2D eigenvalue weighted by molar-refractivity contribution is 4.81. The molecule has 1 heterocycles. The number of morpholine rings is 1. The third kappa shape index (κ3) is 5.51. The monoisotopic (exact) mass is 300 g/mol. The first kappa shape index (κ1) is 17.2. The maximum Gasteiger partial charge on any atom is 0.126 e. The van der Waals surface area contributed by atoms with E-state index in [4.69, 9.17) is 9.47 Å². The quantitative estimate of drug-likeness (QED) is 0.760. The number of hydrogen-bond acceptors (Lipinski definition) is 3. The van der Waals surface area contributed by atoms with Crippen LogP contribution in [0.4, 0.5) is 0 Å². The molecule has 2 aliphatic rings. The van der Waals surface area contributed by atoms with E-state index in [1.807, 2.05) is 0 Å². The van der Waals surface area contributed by atoms with Crippen LogP contribution >= 0.6 is 0 Å². The molecular weight excluding hydrogens is 266 g/mol. The Labute approximate surface area is 129 Å². The van der Waals surface area contributed by atoms with Crippen molar-refractivity contribution >= 4 is 0 Å². The van der Waals surface area contributed by atoms with Gasteiger partial charge in [0.15, 0.2) is 0 Å². The zero-order valence-electron chi connectivity index (χ0n) is 14.0. The molecule has 21 heavy (non-hydrogen) atoms. The topological polar surface area (TPSA) is 43.1 Å². The Morgan fingerprint density at radius 3 is 2.62 bits per heavy atom. The standard InChI is InChI=1S/C17H33NO3/c1-13(2)16-5-4-14(3)10-17(16)21-12-15(19)11-18-6-8-20-9-7-18/h13-17,19H,4-12H2,1-3H3/p+1/t14-,15-,16+,17-/m1/s1. The van der Waals surface area contributed by atoms with E-state index in [1.54, 1.807) is 0 Å². The second kappa shape index (κ2) is 8.47. The molecule has 0 aromatic rings. The molecular formula is C17H34NO3+.